The molecule has 6 heteroatoms. The van der Waals surface area contributed by atoms with E-state index in [0.717, 1.165) is 39.5 Å². The van der Waals surface area contributed by atoms with E-state index >= 15 is 0 Å². The first-order valence-corrected chi connectivity index (χ1v) is 10.4. The molecule has 1 atom stereocenters. The standard InChI is InChI=1S/C22H20ClN3OS/c1-12-9-16(13(2)28-12)20-17(11-24)22(25)26(15-6-3-5-14(23)10-15)18-7-4-8-19(27)21(18)20/h3,5-6,9-10,20H,4,7-8,25H2,1-2H3/t20-/m0/s1. The topological polar surface area (TPSA) is 70.1 Å². The zero-order valence-corrected chi connectivity index (χ0v) is 17.3. The molecule has 1 aliphatic heterocycles. The number of nitrogens with zero attached hydrogens (tertiary/aromatic N) is 2. The summed E-state index contributed by atoms with van der Waals surface area (Å²) in [6.07, 6.45) is 2.02. The molecule has 1 aliphatic carbocycles. The van der Waals surface area contributed by atoms with Gasteiger partial charge in [0.15, 0.2) is 5.78 Å². The lowest BCUT2D eigenvalue weighted by Gasteiger charge is -2.39. The number of hydrogen-bond donors (Lipinski definition) is 1. The van der Waals surface area contributed by atoms with Gasteiger partial charge in [0, 0.05) is 38.2 Å². The summed E-state index contributed by atoms with van der Waals surface area (Å²) in [6, 6.07) is 11.7. The molecule has 2 aromatic rings. The molecule has 0 radical (unpaired) electrons. The molecule has 0 bridgehead atoms. The third-order valence-corrected chi connectivity index (χ3v) is 6.59. The van der Waals surface area contributed by atoms with Gasteiger partial charge in [-0.15, -0.1) is 11.3 Å². The van der Waals surface area contributed by atoms with Gasteiger partial charge in [-0.25, -0.2) is 0 Å². The highest BCUT2D eigenvalue weighted by atomic mass is 35.5. The van der Waals surface area contributed by atoms with Crippen molar-refractivity contribution in [3.8, 4) is 6.07 Å². The Hall–Kier alpha value is -2.55. The van der Waals surface area contributed by atoms with E-state index in [9.17, 15) is 10.1 Å². The maximum Gasteiger partial charge on any atom is 0.161 e. The monoisotopic (exact) mass is 409 g/mol. The third-order valence-electron chi connectivity index (χ3n) is 5.37. The van der Waals surface area contributed by atoms with E-state index in [1.165, 1.54) is 0 Å². The molecule has 0 spiro atoms. The van der Waals surface area contributed by atoms with E-state index < -0.39 is 5.92 Å². The molecule has 1 aromatic carbocycles. The van der Waals surface area contributed by atoms with Crippen molar-refractivity contribution in [1.82, 2.24) is 0 Å². The number of carbonyl (C=O) groups is 1. The van der Waals surface area contributed by atoms with Gasteiger partial charge in [0.1, 0.15) is 5.82 Å². The van der Waals surface area contributed by atoms with Gasteiger partial charge in [-0.3, -0.25) is 9.69 Å². The van der Waals surface area contributed by atoms with Crippen LogP contribution in [0.3, 0.4) is 0 Å². The Balaban J connectivity index is 2.00. The van der Waals surface area contributed by atoms with Crippen LogP contribution in [0, 0.1) is 25.2 Å². The van der Waals surface area contributed by atoms with E-state index in [1.54, 1.807) is 17.4 Å². The molecule has 0 fully saturated rings. The summed E-state index contributed by atoms with van der Waals surface area (Å²) < 4.78 is 0. The number of thiophene rings is 1. The van der Waals surface area contributed by atoms with Gasteiger partial charge in [0.2, 0.25) is 0 Å². The van der Waals surface area contributed by atoms with Gasteiger partial charge in [-0.2, -0.15) is 5.26 Å². The number of nitrogens with two attached hydrogens (primary N) is 1. The van der Waals surface area contributed by atoms with E-state index in [4.69, 9.17) is 17.3 Å². The van der Waals surface area contributed by atoms with Gasteiger partial charge in [0.05, 0.1) is 17.6 Å². The predicted octanol–water partition coefficient (Wildman–Crippen LogP) is 5.32. The van der Waals surface area contributed by atoms with Crippen LogP contribution in [-0.4, -0.2) is 5.78 Å². The number of hydrogen-bond acceptors (Lipinski definition) is 5. The van der Waals surface area contributed by atoms with Crippen LogP contribution in [0.5, 0.6) is 0 Å². The molecule has 0 unspecified atom stereocenters. The SMILES string of the molecule is Cc1cc([C@H]2C(C#N)=C(N)N(c3cccc(Cl)c3)C3=C2C(=O)CCC3)c(C)s1. The number of benzene rings is 1. The predicted molar refractivity (Wildman–Crippen MR) is 113 cm³/mol. The molecule has 2 N–H and O–H groups in total. The fraction of sp³-hybridized carbons (Fsp3) is 0.273. The van der Waals surface area contributed by atoms with Crippen molar-refractivity contribution in [1.29, 1.82) is 5.26 Å². The van der Waals surface area contributed by atoms with E-state index in [2.05, 4.69) is 12.1 Å². The van der Waals surface area contributed by atoms with Gasteiger partial charge in [0.25, 0.3) is 0 Å². The molecule has 28 heavy (non-hydrogen) atoms. The lowest BCUT2D eigenvalue weighted by atomic mass is 9.75. The van der Waals surface area contributed by atoms with Crippen LogP contribution in [0.1, 0.15) is 40.5 Å². The molecule has 2 aliphatic rings. The van der Waals surface area contributed by atoms with Crippen molar-refractivity contribution in [2.75, 3.05) is 4.90 Å². The molecule has 2 heterocycles. The summed E-state index contributed by atoms with van der Waals surface area (Å²) in [4.78, 5) is 17.2. The number of aryl methyl sites for hydroxylation is 2. The number of anilines is 1. The van der Waals surface area contributed by atoms with Gasteiger partial charge in [-0.1, -0.05) is 17.7 Å². The summed E-state index contributed by atoms with van der Waals surface area (Å²) in [6.45, 7) is 4.08. The molecular formula is C22H20ClN3OS. The van der Waals surface area contributed by atoms with Crippen LogP contribution in [-0.2, 0) is 4.79 Å². The summed E-state index contributed by atoms with van der Waals surface area (Å²) in [5.41, 5.74) is 10.4. The second-order valence-corrected chi connectivity index (χ2v) is 9.06. The van der Waals surface area contributed by atoms with Crippen LogP contribution >= 0.6 is 22.9 Å². The van der Waals surface area contributed by atoms with E-state index in [-0.39, 0.29) is 5.78 Å². The van der Waals surface area contributed by atoms with E-state index in [1.807, 2.05) is 36.9 Å². The van der Waals surface area contributed by atoms with Crippen molar-refractivity contribution in [2.24, 2.45) is 5.73 Å². The second-order valence-electron chi connectivity index (χ2n) is 7.16. The zero-order chi connectivity index (χ0) is 20.0. The van der Waals surface area contributed by atoms with Crippen molar-refractivity contribution in [3.63, 3.8) is 0 Å². The summed E-state index contributed by atoms with van der Waals surface area (Å²) in [7, 11) is 0. The number of ketones is 1. The van der Waals surface area contributed by atoms with Crippen LogP contribution in [0.4, 0.5) is 5.69 Å². The first kappa shape index (κ1) is 18.8. The van der Waals surface area contributed by atoms with Crippen LogP contribution in [0.15, 0.2) is 53.0 Å². The summed E-state index contributed by atoms with van der Waals surface area (Å²) >= 11 is 7.88. The van der Waals surface area contributed by atoms with Crippen LogP contribution < -0.4 is 10.6 Å². The maximum absolute atomic E-state index is 13.1. The highest BCUT2D eigenvalue weighted by Gasteiger charge is 2.41. The highest BCUT2D eigenvalue weighted by molar-refractivity contribution is 7.12. The number of rotatable bonds is 2. The van der Waals surface area contributed by atoms with Crippen molar-refractivity contribution in [2.45, 2.75) is 39.0 Å². The Morgan fingerprint density at radius 2 is 2.07 bits per heavy atom. The average Bonchev–Trinajstić information content (AvgIpc) is 2.98. The average molecular weight is 410 g/mol. The summed E-state index contributed by atoms with van der Waals surface area (Å²) in [5, 5.41) is 10.6. The fourth-order valence-corrected chi connectivity index (χ4v) is 5.39. The zero-order valence-electron chi connectivity index (χ0n) is 15.8. The molecule has 4 rings (SSSR count). The molecule has 0 saturated heterocycles. The smallest absolute Gasteiger partial charge is 0.161 e. The first-order valence-electron chi connectivity index (χ1n) is 9.21. The minimum absolute atomic E-state index is 0.0989. The largest absolute Gasteiger partial charge is 0.384 e. The Bertz CT molecular complexity index is 1090. The molecule has 0 saturated carbocycles. The highest BCUT2D eigenvalue weighted by Crippen LogP contribution is 2.48. The van der Waals surface area contributed by atoms with Crippen LogP contribution in [0.2, 0.25) is 5.02 Å². The van der Waals surface area contributed by atoms with Crippen LogP contribution in [0.25, 0.3) is 0 Å². The number of nitriles is 1. The third kappa shape index (κ3) is 2.94. The lowest BCUT2D eigenvalue weighted by molar-refractivity contribution is -0.116. The van der Waals surface area contributed by atoms with E-state index in [0.29, 0.717) is 28.4 Å². The normalized spacial score (nSPS) is 19.7. The second kappa shape index (κ2) is 7.12. The number of carbonyl (C=O) groups excluding carboxylic acids is 1. The number of halogens is 1. The first-order chi connectivity index (χ1) is 13.4. The minimum atomic E-state index is -0.395. The number of allylic oxidation sites excluding steroid dienone is 3. The Kier molecular flexibility index (Phi) is 4.78. The quantitative estimate of drug-likeness (QED) is 0.728. The molecule has 4 nitrogen and oxygen atoms in total. The maximum atomic E-state index is 13.1. The Morgan fingerprint density at radius 3 is 2.71 bits per heavy atom. The van der Waals surface area contributed by atoms with Gasteiger partial charge >= 0.3 is 0 Å². The van der Waals surface area contributed by atoms with Gasteiger partial charge in [-0.05, 0) is 56.5 Å². The van der Waals surface area contributed by atoms with Crippen molar-refractivity contribution < 1.29 is 4.79 Å². The fourth-order valence-electron chi connectivity index (χ4n) is 4.24. The Labute approximate surface area is 173 Å². The molecule has 142 valence electrons. The van der Waals surface area contributed by atoms with Crippen molar-refractivity contribution >= 4 is 34.4 Å². The van der Waals surface area contributed by atoms with Crippen molar-refractivity contribution in [3.05, 3.63) is 73.3 Å². The Morgan fingerprint density at radius 1 is 1.29 bits per heavy atom. The molecular weight excluding hydrogens is 390 g/mol. The lowest BCUT2D eigenvalue weighted by Crippen LogP contribution is -2.38. The number of Topliss-reactive ketones (excluding diaryl/α,β-unsaturated/α-hetero) is 1. The molecule has 0 amide bonds. The minimum Gasteiger partial charge on any atom is -0.384 e. The van der Waals surface area contributed by atoms with Gasteiger partial charge < -0.3 is 5.73 Å². The molecule has 1 aromatic heterocycles. The summed E-state index contributed by atoms with van der Waals surface area (Å²) in [5.74, 6) is 0.0847.